The molecule has 1 rings (SSSR count). The maximum atomic E-state index is 10.1. The maximum Gasteiger partial charge on any atom is 0.328 e. The number of carbonyl (C=O) groups is 1. The number of hydrogen-bond acceptors (Lipinski definition) is 3. The van der Waals surface area contributed by atoms with E-state index < -0.39 is 5.97 Å². The van der Waals surface area contributed by atoms with Crippen molar-refractivity contribution in [1.82, 2.24) is 6.15 Å². The number of aromatic hydroxyl groups is 1. The van der Waals surface area contributed by atoms with Gasteiger partial charge in [0.25, 0.3) is 0 Å². The predicted octanol–water partition coefficient (Wildman–Crippen LogP) is 1.65. The Bertz CT molecular complexity index is 303. The van der Waals surface area contributed by atoms with Gasteiger partial charge in [-0.15, -0.1) is 0 Å². The lowest BCUT2D eigenvalue weighted by Gasteiger charge is -1.92. The molecule has 0 aliphatic carbocycles. The first-order valence-electron chi connectivity index (χ1n) is 3.38. The Labute approximate surface area is 75.7 Å². The van der Waals surface area contributed by atoms with E-state index in [1.165, 1.54) is 18.2 Å². The average Bonchev–Trinajstić information content (AvgIpc) is 2.03. The summed E-state index contributed by atoms with van der Waals surface area (Å²) in [5.41, 5.74) is 0.746. The summed E-state index contributed by atoms with van der Waals surface area (Å²) in [7, 11) is 0. The molecule has 0 aliphatic heterocycles. The molecule has 1 aromatic rings. The summed E-state index contributed by atoms with van der Waals surface area (Å²) in [6.07, 6.45) is 2.51. The van der Waals surface area contributed by atoms with Crippen LogP contribution in [0.5, 0.6) is 5.75 Å². The van der Waals surface area contributed by atoms with Gasteiger partial charge < -0.3 is 16.4 Å². The van der Waals surface area contributed by atoms with E-state index >= 15 is 0 Å². The first-order valence-corrected chi connectivity index (χ1v) is 3.38. The Morgan fingerprint density at radius 3 is 2.23 bits per heavy atom. The van der Waals surface area contributed by atoms with Crippen molar-refractivity contribution < 1.29 is 15.0 Å². The zero-order valence-corrected chi connectivity index (χ0v) is 6.97. The molecule has 4 nitrogen and oxygen atoms in total. The molecule has 0 saturated carbocycles. The highest BCUT2D eigenvalue weighted by molar-refractivity contribution is 5.85. The average molecular weight is 181 g/mol. The van der Waals surface area contributed by atoms with Gasteiger partial charge in [0, 0.05) is 6.08 Å². The van der Waals surface area contributed by atoms with Gasteiger partial charge in [-0.2, -0.15) is 0 Å². The van der Waals surface area contributed by atoms with Gasteiger partial charge >= 0.3 is 5.97 Å². The molecule has 0 radical (unpaired) electrons. The van der Waals surface area contributed by atoms with Gasteiger partial charge in [0.2, 0.25) is 0 Å². The van der Waals surface area contributed by atoms with Gasteiger partial charge in [-0.05, 0) is 23.8 Å². The maximum absolute atomic E-state index is 10.1. The number of benzene rings is 1. The standard InChI is InChI=1S/C9H8O3.H3N/c10-8-4-1-7(2-5-8)3-6-9(11)12;/h1-6,10H,(H,11,12);1H3/b6-3+;. The van der Waals surface area contributed by atoms with Gasteiger partial charge in [-0.3, -0.25) is 0 Å². The fourth-order valence-electron chi connectivity index (χ4n) is 0.753. The van der Waals surface area contributed by atoms with Crippen LogP contribution in [0, 0.1) is 0 Å². The Hall–Kier alpha value is -1.81. The number of carboxylic acids is 1. The van der Waals surface area contributed by atoms with Gasteiger partial charge in [0.15, 0.2) is 0 Å². The van der Waals surface area contributed by atoms with Crippen molar-refractivity contribution in [3.63, 3.8) is 0 Å². The van der Waals surface area contributed by atoms with Gasteiger partial charge in [-0.25, -0.2) is 4.79 Å². The van der Waals surface area contributed by atoms with Crippen LogP contribution in [-0.2, 0) is 4.79 Å². The highest BCUT2D eigenvalue weighted by atomic mass is 16.4. The molecule has 0 aliphatic rings. The molecule has 4 heteroatoms. The molecule has 70 valence electrons. The Balaban J connectivity index is 0.00000144. The van der Waals surface area contributed by atoms with Crippen LogP contribution < -0.4 is 6.15 Å². The molecule has 5 N–H and O–H groups in total. The van der Waals surface area contributed by atoms with E-state index in [1.807, 2.05) is 0 Å². The number of rotatable bonds is 2. The third-order valence-electron chi connectivity index (χ3n) is 1.31. The molecule has 0 unspecified atom stereocenters. The van der Waals surface area contributed by atoms with E-state index in [2.05, 4.69) is 0 Å². The predicted molar refractivity (Wildman–Crippen MR) is 49.8 cm³/mol. The van der Waals surface area contributed by atoms with Crippen LogP contribution in [-0.4, -0.2) is 16.2 Å². The highest BCUT2D eigenvalue weighted by Gasteiger charge is 1.89. The molecule has 0 spiro atoms. The van der Waals surface area contributed by atoms with Crippen molar-refractivity contribution in [3.05, 3.63) is 35.9 Å². The monoisotopic (exact) mass is 181 g/mol. The molecule has 0 aromatic heterocycles. The first kappa shape index (κ1) is 11.2. The molecule has 0 bridgehead atoms. The number of hydrogen-bond donors (Lipinski definition) is 3. The molecular weight excluding hydrogens is 170 g/mol. The fourth-order valence-corrected chi connectivity index (χ4v) is 0.753. The second-order valence-electron chi connectivity index (χ2n) is 2.26. The van der Waals surface area contributed by atoms with Crippen LogP contribution in [0.3, 0.4) is 0 Å². The summed E-state index contributed by atoms with van der Waals surface area (Å²) in [5.74, 6) is -0.814. The van der Waals surface area contributed by atoms with Crippen LogP contribution in [0.1, 0.15) is 5.56 Å². The molecular formula is C9H11NO3. The SMILES string of the molecule is N.O=C(O)/C=C/c1ccc(O)cc1. The van der Waals surface area contributed by atoms with E-state index in [0.29, 0.717) is 0 Å². The number of aliphatic carboxylic acids is 1. The minimum Gasteiger partial charge on any atom is -0.508 e. The Morgan fingerprint density at radius 2 is 1.77 bits per heavy atom. The lowest BCUT2D eigenvalue weighted by atomic mass is 10.2. The Morgan fingerprint density at radius 1 is 1.23 bits per heavy atom. The number of phenols is 1. The molecule has 0 saturated heterocycles. The second-order valence-corrected chi connectivity index (χ2v) is 2.26. The quantitative estimate of drug-likeness (QED) is 0.605. The minimum absolute atomic E-state index is 0. The smallest absolute Gasteiger partial charge is 0.328 e. The lowest BCUT2D eigenvalue weighted by molar-refractivity contribution is -0.131. The molecule has 1 aromatic carbocycles. The summed E-state index contributed by atoms with van der Waals surface area (Å²) in [4.78, 5) is 10.1. The first-order chi connectivity index (χ1) is 5.68. The van der Waals surface area contributed by atoms with Crippen LogP contribution in [0.15, 0.2) is 30.3 Å². The topological polar surface area (TPSA) is 92.5 Å². The second kappa shape index (κ2) is 4.95. The summed E-state index contributed by atoms with van der Waals surface area (Å²) in [5, 5.41) is 17.2. The molecule has 0 heterocycles. The van der Waals surface area contributed by atoms with Crippen LogP contribution in [0.25, 0.3) is 6.08 Å². The third-order valence-corrected chi connectivity index (χ3v) is 1.31. The summed E-state index contributed by atoms with van der Waals surface area (Å²) in [6.45, 7) is 0. The van der Waals surface area contributed by atoms with Crippen molar-refractivity contribution in [3.8, 4) is 5.75 Å². The van der Waals surface area contributed by atoms with Gasteiger partial charge in [0.1, 0.15) is 5.75 Å². The van der Waals surface area contributed by atoms with Crippen LogP contribution in [0.4, 0.5) is 0 Å². The van der Waals surface area contributed by atoms with Crippen molar-refractivity contribution >= 4 is 12.0 Å². The highest BCUT2D eigenvalue weighted by Crippen LogP contribution is 2.10. The van der Waals surface area contributed by atoms with E-state index in [4.69, 9.17) is 10.2 Å². The van der Waals surface area contributed by atoms with Crippen molar-refractivity contribution in [1.29, 1.82) is 0 Å². The summed E-state index contributed by atoms with van der Waals surface area (Å²) in [6, 6.07) is 6.27. The number of carboxylic acid groups (broad SMARTS) is 1. The molecule has 0 amide bonds. The molecule has 0 fully saturated rings. The zero-order chi connectivity index (χ0) is 8.97. The van der Waals surface area contributed by atoms with E-state index in [1.54, 1.807) is 12.1 Å². The van der Waals surface area contributed by atoms with Gasteiger partial charge in [0.05, 0.1) is 0 Å². The normalized spacial score (nSPS) is 9.54. The third kappa shape index (κ3) is 3.93. The molecule has 13 heavy (non-hydrogen) atoms. The van der Waals surface area contributed by atoms with Gasteiger partial charge in [-0.1, -0.05) is 12.1 Å². The van der Waals surface area contributed by atoms with E-state index in [0.717, 1.165) is 11.6 Å². The van der Waals surface area contributed by atoms with Crippen LogP contribution >= 0.6 is 0 Å². The minimum atomic E-state index is -0.983. The fraction of sp³-hybridized carbons (Fsp3) is 0. The van der Waals surface area contributed by atoms with Crippen LogP contribution in [0.2, 0.25) is 0 Å². The molecule has 0 atom stereocenters. The Kier molecular flexibility index (Phi) is 4.26. The van der Waals surface area contributed by atoms with E-state index in [9.17, 15) is 4.79 Å². The van der Waals surface area contributed by atoms with Crippen molar-refractivity contribution in [2.45, 2.75) is 0 Å². The largest absolute Gasteiger partial charge is 0.508 e. The van der Waals surface area contributed by atoms with Crippen molar-refractivity contribution in [2.24, 2.45) is 0 Å². The zero-order valence-electron chi connectivity index (χ0n) is 6.97. The summed E-state index contributed by atoms with van der Waals surface area (Å²) >= 11 is 0. The number of phenolic OH excluding ortho intramolecular Hbond substituents is 1. The van der Waals surface area contributed by atoms with E-state index in [-0.39, 0.29) is 11.9 Å². The van der Waals surface area contributed by atoms with Crippen molar-refractivity contribution in [2.75, 3.05) is 0 Å². The lowest BCUT2D eigenvalue weighted by Crippen LogP contribution is -1.85. The summed E-state index contributed by atoms with van der Waals surface area (Å²) < 4.78 is 0.